The van der Waals surface area contributed by atoms with Gasteiger partial charge in [-0.25, -0.2) is 4.98 Å². The number of H-pyrrole nitrogens is 1. The monoisotopic (exact) mass is 159 g/mol. The van der Waals surface area contributed by atoms with Crippen molar-refractivity contribution in [3.05, 3.63) is 16.7 Å². The predicted molar refractivity (Wildman–Crippen MR) is 41.1 cm³/mol. The zero-order chi connectivity index (χ0) is 7.56. The molecule has 0 amide bonds. The quantitative estimate of drug-likeness (QED) is 0.673. The van der Waals surface area contributed by atoms with Crippen LogP contribution in [0.15, 0.2) is 0 Å². The Bertz CT molecular complexity index is 199. The van der Waals surface area contributed by atoms with Crippen LogP contribution >= 0.6 is 11.6 Å². The van der Waals surface area contributed by atoms with E-state index >= 15 is 0 Å². The number of rotatable bonds is 2. The molecule has 0 aliphatic carbocycles. The number of aryl methyl sites for hydroxylation is 1. The molecule has 3 N–H and O–H groups in total. The number of hydrogen-bond acceptors (Lipinski definition) is 2. The van der Waals surface area contributed by atoms with Gasteiger partial charge < -0.3 is 10.7 Å². The van der Waals surface area contributed by atoms with Crippen molar-refractivity contribution in [1.29, 1.82) is 0 Å². The van der Waals surface area contributed by atoms with Crippen LogP contribution in [0.4, 0.5) is 0 Å². The first-order chi connectivity index (χ1) is 4.74. The molecule has 0 bridgehead atoms. The summed E-state index contributed by atoms with van der Waals surface area (Å²) >= 11 is 5.68. The lowest BCUT2D eigenvalue weighted by molar-refractivity contribution is 0.891. The van der Waals surface area contributed by atoms with Crippen LogP contribution in [0.5, 0.6) is 0 Å². The molecular weight excluding hydrogens is 150 g/mol. The first kappa shape index (κ1) is 7.57. The van der Waals surface area contributed by atoms with Crippen molar-refractivity contribution >= 4 is 11.6 Å². The lowest BCUT2D eigenvalue weighted by Gasteiger charge is -1.87. The van der Waals surface area contributed by atoms with Gasteiger partial charge in [-0.2, -0.15) is 0 Å². The third-order valence-corrected chi connectivity index (χ3v) is 1.62. The lowest BCUT2D eigenvalue weighted by atomic mass is 10.4. The highest BCUT2D eigenvalue weighted by Crippen LogP contribution is 2.10. The van der Waals surface area contributed by atoms with Gasteiger partial charge in [0.15, 0.2) is 0 Å². The second kappa shape index (κ2) is 3.03. The number of nitrogens with one attached hydrogen (secondary N) is 1. The van der Waals surface area contributed by atoms with Gasteiger partial charge in [0.1, 0.15) is 11.0 Å². The van der Waals surface area contributed by atoms with Gasteiger partial charge in [-0.05, 0) is 13.5 Å². The number of aromatic nitrogens is 2. The van der Waals surface area contributed by atoms with Crippen molar-refractivity contribution < 1.29 is 0 Å². The van der Waals surface area contributed by atoms with E-state index < -0.39 is 0 Å². The largest absolute Gasteiger partial charge is 0.345 e. The van der Waals surface area contributed by atoms with E-state index in [-0.39, 0.29) is 0 Å². The third kappa shape index (κ3) is 1.49. The Morgan fingerprint density at radius 1 is 1.70 bits per heavy atom. The molecule has 0 saturated carbocycles. The first-order valence-electron chi connectivity index (χ1n) is 3.15. The zero-order valence-electron chi connectivity index (χ0n) is 5.82. The van der Waals surface area contributed by atoms with Crippen molar-refractivity contribution in [3.63, 3.8) is 0 Å². The normalized spacial score (nSPS) is 10.3. The Kier molecular flexibility index (Phi) is 2.29. The number of nitrogens with zero attached hydrogens (tertiary/aromatic N) is 1. The molecule has 10 heavy (non-hydrogen) atoms. The average Bonchev–Trinajstić information content (AvgIpc) is 2.14. The van der Waals surface area contributed by atoms with Crippen LogP contribution in [0.1, 0.15) is 11.5 Å². The molecule has 0 aliphatic heterocycles. The number of halogens is 1. The van der Waals surface area contributed by atoms with E-state index in [1.165, 1.54) is 0 Å². The standard InChI is InChI=1S/C6H10ClN3/c1-4-6(7)10-5(9-4)2-3-8/h2-3,8H2,1H3,(H,9,10). The van der Waals surface area contributed by atoms with E-state index in [0.29, 0.717) is 11.7 Å². The minimum absolute atomic E-state index is 0.545. The number of aromatic amines is 1. The highest BCUT2D eigenvalue weighted by molar-refractivity contribution is 6.30. The third-order valence-electron chi connectivity index (χ3n) is 1.26. The predicted octanol–water partition coefficient (Wildman–Crippen LogP) is 0.873. The molecule has 0 atom stereocenters. The molecule has 0 saturated heterocycles. The second-order valence-electron chi connectivity index (χ2n) is 2.14. The number of hydrogen-bond donors (Lipinski definition) is 2. The van der Waals surface area contributed by atoms with Crippen molar-refractivity contribution in [2.24, 2.45) is 5.73 Å². The molecule has 1 rings (SSSR count). The summed E-state index contributed by atoms with van der Waals surface area (Å²) in [6, 6.07) is 0. The van der Waals surface area contributed by atoms with Crippen LogP contribution in [0.2, 0.25) is 5.15 Å². The SMILES string of the molecule is Cc1[nH]c(CCN)nc1Cl. The van der Waals surface area contributed by atoms with Gasteiger partial charge in [0, 0.05) is 6.42 Å². The van der Waals surface area contributed by atoms with E-state index in [1.54, 1.807) is 0 Å². The molecule has 56 valence electrons. The van der Waals surface area contributed by atoms with E-state index in [9.17, 15) is 0 Å². The Morgan fingerprint density at radius 3 is 2.80 bits per heavy atom. The smallest absolute Gasteiger partial charge is 0.150 e. The molecule has 0 fully saturated rings. The van der Waals surface area contributed by atoms with Crippen LogP contribution in [0.25, 0.3) is 0 Å². The highest BCUT2D eigenvalue weighted by Gasteiger charge is 2.01. The number of nitrogens with two attached hydrogens (primary N) is 1. The van der Waals surface area contributed by atoms with E-state index in [4.69, 9.17) is 17.3 Å². The summed E-state index contributed by atoms with van der Waals surface area (Å²) in [6.07, 6.45) is 0.758. The Hall–Kier alpha value is -0.540. The van der Waals surface area contributed by atoms with Crippen molar-refractivity contribution in [3.8, 4) is 0 Å². The number of imidazole rings is 1. The molecule has 0 aliphatic rings. The van der Waals surface area contributed by atoms with Crippen LogP contribution < -0.4 is 5.73 Å². The topological polar surface area (TPSA) is 54.7 Å². The fourth-order valence-corrected chi connectivity index (χ4v) is 0.903. The maximum absolute atomic E-state index is 5.68. The maximum Gasteiger partial charge on any atom is 0.150 e. The summed E-state index contributed by atoms with van der Waals surface area (Å²) in [5.41, 5.74) is 6.22. The van der Waals surface area contributed by atoms with Gasteiger partial charge in [0.05, 0.1) is 5.69 Å². The Labute approximate surface area is 64.6 Å². The van der Waals surface area contributed by atoms with Crippen LogP contribution in [-0.4, -0.2) is 16.5 Å². The molecule has 0 aromatic carbocycles. The molecular formula is C6H10ClN3. The molecule has 3 nitrogen and oxygen atoms in total. The van der Waals surface area contributed by atoms with Gasteiger partial charge in [0.2, 0.25) is 0 Å². The molecule has 0 spiro atoms. The Morgan fingerprint density at radius 2 is 2.40 bits per heavy atom. The highest BCUT2D eigenvalue weighted by atomic mass is 35.5. The molecule has 0 radical (unpaired) electrons. The lowest BCUT2D eigenvalue weighted by Crippen LogP contribution is -2.03. The van der Waals surface area contributed by atoms with Crippen LogP contribution in [0, 0.1) is 6.92 Å². The molecule has 1 aromatic rings. The fourth-order valence-electron chi connectivity index (χ4n) is 0.753. The van der Waals surface area contributed by atoms with Crippen molar-refractivity contribution in [2.45, 2.75) is 13.3 Å². The summed E-state index contributed by atoms with van der Waals surface area (Å²) in [5.74, 6) is 0.866. The summed E-state index contributed by atoms with van der Waals surface area (Å²) < 4.78 is 0. The van der Waals surface area contributed by atoms with Crippen LogP contribution in [-0.2, 0) is 6.42 Å². The second-order valence-corrected chi connectivity index (χ2v) is 2.50. The van der Waals surface area contributed by atoms with Crippen molar-refractivity contribution in [1.82, 2.24) is 9.97 Å². The molecule has 1 heterocycles. The van der Waals surface area contributed by atoms with Gasteiger partial charge in [-0.1, -0.05) is 11.6 Å². The first-order valence-corrected chi connectivity index (χ1v) is 3.53. The van der Waals surface area contributed by atoms with Gasteiger partial charge in [0.25, 0.3) is 0 Å². The van der Waals surface area contributed by atoms with Gasteiger partial charge in [-0.15, -0.1) is 0 Å². The zero-order valence-corrected chi connectivity index (χ0v) is 6.57. The Balaban J connectivity index is 2.77. The van der Waals surface area contributed by atoms with Gasteiger partial charge >= 0.3 is 0 Å². The molecule has 4 heteroatoms. The summed E-state index contributed by atoms with van der Waals surface area (Å²) in [5, 5.41) is 0.545. The summed E-state index contributed by atoms with van der Waals surface area (Å²) in [4.78, 5) is 7.05. The van der Waals surface area contributed by atoms with E-state index in [1.807, 2.05) is 6.92 Å². The van der Waals surface area contributed by atoms with Crippen molar-refractivity contribution in [2.75, 3.05) is 6.54 Å². The average molecular weight is 160 g/mol. The minimum atomic E-state index is 0.545. The fraction of sp³-hybridized carbons (Fsp3) is 0.500. The molecule has 1 aromatic heterocycles. The van der Waals surface area contributed by atoms with E-state index in [2.05, 4.69) is 9.97 Å². The summed E-state index contributed by atoms with van der Waals surface area (Å²) in [6.45, 7) is 2.48. The van der Waals surface area contributed by atoms with Crippen LogP contribution in [0.3, 0.4) is 0 Å². The van der Waals surface area contributed by atoms with E-state index in [0.717, 1.165) is 17.9 Å². The maximum atomic E-state index is 5.68. The molecule has 0 unspecified atom stereocenters. The van der Waals surface area contributed by atoms with Gasteiger partial charge in [-0.3, -0.25) is 0 Å². The summed E-state index contributed by atoms with van der Waals surface area (Å²) in [7, 11) is 0. The minimum Gasteiger partial charge on any atom is -0.345 e.